The summed E-state index contributed by atoms with van der Waals surface area (Å²) in [5.41, 5.74) is 0. The first kappa shape index (κ1) is 21.3. The van der Waals surface area contributed by atoms with Gasteiger partial charge in [0.25, 0.3) is 0 Å². The largest absolute Gasteiger partial charge is 0.358 e. The molecule has 1 rings (SSSR count). The number of rotatable bonds is 16. The minimum Gasteiger partial charge on any atom is -0.358 e. The van der Waals surface area contributed by atoms with Gasteiger partial charge in [-0.1, -0.05) is 96.5 Å². The lowest BCUT2D eigenvalue weighted by Crippen LogP contribution is -2.20. The van der Waals surface area contributed by atoms with E-state index in [0.717, 1.165) is 13.1 Å². The summed E-state index contributed by atoms with van der Waals surface area (Å²) in [5.74, 6) is 1.17. The van der Waals surface area contributed by atoms with Gasteiger partial charge in [0.1, 0.15) is 5.84 Å². The third-order valence-corrected chi connectivity index (χ3v) is 5.09. The maximum Gasteiger partial charge on any atom is 0.122 e. The number of amidine groups is 1. The molecule has 0 N–H and O–H groups in total. The molecule has 0 radical (unpaired) electrons. The predicted octanol–water partition coefficient (Wildman–Crippen LogP) is 6.76. The topological polar surface area (TPSA) is 15.6 Å². The third-order valence-electron chi connectivity index (χ3n) is 5.09. The van der Waals surface area contributed by atoms with E-state index in [9.17, 15) is 0 Å². The van der Waals surface area contributed by atoms with E-state index in [1.54, 1.807) is 0 Å². The van der Waals surface area contributed by atoms with E-state index in [0.29, 0.717) is 0 Å². The van der Waals surface area contributed by atoms with E-state index in [1.807, 2.05) is 0 Å². The highest BCUT2D eigenvalue weighted by atomic mass is 15.2. The Bertz CT molecular complexity index is 333. The van der Waals surface area contributed by atoms with Gasteiger partial charge in [-0.25, -0.2) is 0 Å². The van der Waals surface area contributed by atoms with Crippen LogP contribution < -0.4 is 0 Å². The molecule has 0 saturated heterocycles. The summed E-state index contributed by atoms with van der Waals surface area (Å²) in [7, 11) is 2.13. The zero-order valence-corrected chi connectivity index (χ0v) is 16.6. The molecule has 2 heteroatoms. The lowest BCUT2D eigenvalue weighted by Gasteiger charge is -2.09. The Balaban J connectivity index is 1.74. The zero-order chi connectivity index (χ0) is 17.3. The molecule has 24 heavy (non-hydrogen) atoms. The van der Waals surface area contributed by atoms with Crippen LogP contribution in [0.2, 0.25) is 0 Å². The van der Waals surface area contributed by atoms with Crippen LogP contribution in [0.25, 0.3) is 0 Å². The monoisotopic (exact) mass is 334 g/mol. The highest BCUT2D eigenvalue weighted by Gasteiger charge is 2.07. The van der Waals surface area contributed by atoms with Crippen LogP contribution >= 0.6 is 0 Å². The minimum absolute atomic E-state index is 0.967. The van der Waals surface area contributed by atoms with Crippen molar-refractivity contribution in [2.24, 2.45) is 4.99 Å². The second-order valence-electron chi connectivity index (χ2n) is 7.45. The zero-order valence-electron chi connectivity index (χ0n) is 16.6. The molecule has 0 saturated carbocycles. The van der Waals surface area contributed by atoms with Gasteiger partial charge < -0.3 is 4.90 Å². The highest BCUT2D eigenvalue weighted by molar-refractivity contribution is 5.93. The standard InChI is InChI=1S/C22H42N2/c1-3-4-5-6-7-8-9-10-11-12-13-14-15-16-17-18-19-22-23-20-21-24(22)2/h18-19H,3-17,20-21H2,1-2H3. The Morgan fingerprint density at radius 3 is 1.75 bits per heavy atom. The van der Waals surface area contributed by atoms with Gasteiger partial charge in [-0.05, 0) is 18.9 Å². The summed E-state index contributed by atoms with van der Waals surface area (Å²) in [6.07, 6.45) is 25.8. The van der Waals surface area contributed by atoms with Gasteiger partial charge in [0.2, 0.25) is 0 Å². The fourth-order valence-electron chi connectivity index (χ4n) is 3.38. The van der Waals surface area contributed by atoms with Crippen LogP contribution in [0.3, 0.4) is 0 Å². The van der Waals surface area contributed by atoms with E-state index in [2.05, 4.69) is 36.0 Å². The first-order valence-electron chi connectivity index (χ1n) is 10.8. The molecule has 0 bridgehead atoms. The summed E-state index contributed by atoms with van der Waals surface area (Å²) in [5, 5.41) is 0. The molecule has 0 aromatic heterocycles. The van der Waals surface area contributed by atoms with Crippen molar-refractivity contribution >= 4 is 5.84 Å². The van der Waals surface area contributed by atoms with E-state index in [4.69, 9.17) is 0 Å². The van der Waals surface area contributed by atoms with Crippen molar-refractivity contribution in [1.82, 2.24) is 4.90 Å². The number of nitrogens with zero attached hydrogens (tertiary/aromatic N) is 2. The number of unbranched alkanes of at least 4 members (excludes halogenated alkanes) is 14. The van der Waals surface area contributed by atoms with Gasteiger partial charge in [0.15, 0.2) is 0 Å². The number of hydrogen-bond donors (Lipinski definition) is 0. The predicted molar refractivity (Wildman–Crippen MR) is 109 cm³/mol. The van der Waals surface area contributed by atoms with Gasteiger partial charge >= 0.3 is 0 Å². The van der Waals surface area contributed by atoms with Crippen molar-refractivity contribution in [2.75, 3.05) is 20.1 Å². The lowest BCUT2D eigenvalue weighted by atomic mass is 10.0. The number of aliphatic imine (C=N–C) groups is 1. The van der Waals surface area contributed by atoms with Crippen LogP contribution in [-0.4, -0.2) is 30.9 Å². The molecule has 0 fully saturated rings. The molecular weight excluding hydrogens is 292 g/mol. The lowest BCUT2D eigenvalue weighted by molar-refractivity contribution is 0.536. The summed E-state index contributed by atoms with van der Waals surface area (Å²) in [6, 6.07) is 0. The molecule has 1 heterocycles. The first-order valence-corrected chi connectivity index (χ1v) is 10.8. The average molecular weight is 335 g/mol. The van der Waals surface area contributed by atoms with Crippen molar-refractivity contribution < 1.29 is 0 Å². The number of likely N-dealkylation sites (N-methyl/N-ethyl adjacent to an activating group) is 1. The quantitative estimate of drug-likeness (QED) is 0.285. The van der Waals surface area contributed by atoms with Crippen molar-refractivity contribution in [3.05, 3.63) is 12.2 Å². The maximum atomic E-state index is 4.48. The SMILES string of the molecule is CCCCCCCCCCCCCCCCC=CC1=NCCN1C. The highest BCUT2D eigenvalue weighted by Crippen LogP contribution is 2.13. The molecule has 140 valence electrons. The van der Waals surface area contributed by atoms with E-state index < -0.39 is 0 Å². The fourth-order valence-corrected chi connectivity index (χ4v) is 3.38. The van der Waals surface area contributed by atoms with E-state index in [1.165, 1.54) is 102 Å². The van der Waals surface area contributed by atoms with Crippen LogP contribution in [-0.2, 0) is 0 Å². The summed E-state index contributed by atoms with van der Waals surface area (Å²) in [6.45, 7) is 4.34. The summed E-state index contributed by atoms with van der Waals surface area (Å²) < 4.78 is 0. The Morgan fingerprint density at radius 1 is 0.792 bits per heavy atom. The van der Waals surface area contributed by atoms with Crippen molar-refractivity contribution in [3.8, 4) is 0 Å². The molecule has 1 aliphatic heterocycles. The van der Waals surface area contributed by atoms with Gasteiger partial charge in [0, 0.05) is 13.6 Å². The molecule has 0 atom stereocenters. The van der Waals surface area contributed by atoms with Gasteiger partial charge in [-0.3, -0.25) is 4.99 Å². The molecule has 2 nitrogen and oxygen atoms in total. The van der Waals surface area contributed by atoms with Crippen LogP contribution in [0.4, 0.5) is 0 Å². The molecule has 0 amide bonds. The second-order valence-corrected chi connectivity index (χ2v) is 7.45. The Labute approximate surface area is 151 Å². The Morgan fingerprint density at radius 2 is 1.29 bits per heavy atom. The molecule has 1 aliphatic rings. The van der Waals surface area contributed by atoms with Gasteiger partial charge in [-0.2, -0.15) is 0 Å². The second kappa shape index (κ2) is 15.7. The number of hydrogen-bond acceptors (Lipinski definition) is 2. The molecular formula is C22H42N2. The normalized spacial score (nSPS) is 14.8. The fraction of sp³-hybridized carbons (Fsp3) is 0.864. The molecule has 0 aromatic rings. The third kappa shape index (κ3) is 11.7. The smallest absolute Gasteiger partial charge is 0.122 e. The van der Waals surface area contributed by atoms with Crippen molar-refractivity contribution in [3.63, 3.8) is 0 Å². The van der Waals surface area contributed by atoms with Crippen LogP contribution in [0.1, 0.15) is 103 Å². The van der Waals surface area contributed by atoms with Crippen molar-refractivity contribution in [1.29, 1.82) is 0 Å². The number of allylic oxidation sites excluding steroid dienone is 1. The van der Waals surface area contributed by atoms with Crippen LogP contribution in [0.5, 0.6) is 0 Å². The summed E-state index contributed by atoms with van der Waals surface area (Å²) in [4.78, 5) is 6.72. The Hall–Kier alpha value is -0.790. The van der Waals surface area contributed by atoms with Gasteiger partial charge in [0.05, 0.1) is 6.54 Å². The van der Waals surface area contributed by atoms with Crippen molar-refractivity contribution in [2.45, 2.75) is 103 Å². The minimum atomic E-state index is 0.967. The molecule has 0 aromatic carbocycles. The molecule has 0 aliphatic carbocycles. The van der Waals surface area contributed by atoms with Gasteiger partial charge in [-0.15, -0.1) is 0 Å². The average Bonchev–Trinajstić information content (AvgIpc) is 2.99. The Kier molecular flexibility index (Phi) is 13.9. The molecule has 0 unspecified atom stereocenters. The summed E-state index contributed by atoms with van der Waals surface area (Å²) >= 11 is 0. The molecule has 0 spiro atoms. The first-order chi connectivity index (χ1) is 11.8. The maximum absolute atomic E-state index is 4.48. The van der Waals surface area contributed by atoms with E-state index in [-0.39, 0.29) is 0 Å². The van der Waals surface area contributed by atoms with Crippen LogP contribution in [0, 0.1) is 0 Å². The van der Waals surface area contributed by atoms with E-state index >= 15 is 0 Å². The van der Waals surface area contributed by atoms with Crippen LogP contribution in [0.15, 0.2) is 17.1 Å².